The fourth-order valence-electron chi connectivity index (χ4n) is 1.46. The third-order valence-corrected chi connectivity index (χ3v) is 2.29. The summed E-state index contributed by atoms with van der Waals surface area (Å²) >= 11 is 0. The smallest absolute Gasteiger partial charge is 0.322 e. The molecule has 2 rings (SSSR count). The van der Waals surface area contributed by atoms with Gasteiger partial charge in [0.25, 0.3) is 0 Å². The molecule has 0 spiro atoms. The van der Waals surface area contributed by atoms with Gasteiger partial charge in [-0.05, 0) is 12.1 Å². The largest absolute Gasteiger partial charge is 0.480 e. The Bertz CT molecular complexity index is 620. The molecule has 19 heavy (non-hydrogen) atoms. The maximum absolute atomic E-state index is 13.6. The minimum atomic E-state index is -1.05. The second kappa shape index (κ2) is 5.38. The molecule has 5 nitrogen and oxygen atoms in total. The number of nitrogens with zero attached hydrogens (tertiary/aromatic N) is 2. The number of halogens is 2. The van der Waals surface area contributed by atoms with Gasteiger partial charge in [0.2, 0.25) is 0 Å². The van der Waals surface area contributed by atoms with Crippen molar-refractivity contribution in [3.63, 3.8) is 0 Å². The Kier molecular flexibility index (Phi) is 3.65. The molecule has 0 aliphatic carbocycles. The van der Waals surface area contributed by atoms with Crippen LogP contribution in [0.4, 0.5) is 14.6 Å². The zero-order chi connectivity index (χ0) is 13.8. The molecule has 2 aromatic rings. The monoisotopic (exact) mass is 265 g/mol. The first-order valence-electron chi connectivity index (χ1n) is 5.29. The number of aliphatic carboxylic acids is 1. The molecule has 0 aliphatic rings. The van der Waals surface area contributed by atoms with Gasteiger partial charge in [0.05, 0.1) is 5.69 Å². The van der Waals surface area contributed by atoms with E-state index in [0.717, 1.165) is 12.1 Å². The van der Waals surface area contributed by atoms with Crippen molar-refractivity contribution in [2.24, 2.45) is 0 Å². The molecular weight excluding hydrogens is 256 g/mol. The fourth-order valence-corrected chi connectivity index (χ4v) is 1.46. The third kappa shape index (κ3) is 3.21. The van der Waals surface area contributed by atoms with Crippen LogP contribution in [0.1, 0.15) is 0 Å². The molecule has 2 N–H and O–H groups in total. The van der Waals surface area contributed by atoms with Gasteiger partial charge in [-0.1, -0.05) is 0 Å². The average molecular weight is 265 g/mol. The second-order valence-electron chi connectivity index (χ2n) is 3.66. The Morgan fingerprint density at radius 1 is 1.26 bits per heavy atom. The maximum Gasteiger partial charge on any atom is 0.322 e. The van der Waals surface area contributed by atoms with Crippen LogP contribution in [-0.2, 0) is 4.79 Å². The maximum atomic E-state index is 13.6. The summed E-state index contributed by atoms with van der Waals surface area (Å²) < 4.78 is 26.4. The van der Waals surface area contributed by atoms with Crippen molar-refractivity contribution < 1.29 is 18.7 Å². The standard InChI is InChI=1S/C12H9F2N3O2/c13-7-1-2-8(9(14)3-7)10-4-11(17-6-16-10)15-5-12(18)19/h1-4,6H,5H2,(H,18,19)(H,15,16,17). The van der Waals surface area contributed by atoms with E-state index >= 15 is 0 Å². The minimum absolute atomic E-state index is 0.113. The lowest BCUT2D eigenvalue weighted by molar-refractivity contribution is -0.134. The molecule has 1 aromatic carbocycles. The SMILES string of the molecule is O=C(O)CNc1cc(-c2ccc(F)cc2F)ncn1. The summed E-state index contributed by atoms with van der Waals surface area (Å²) in [6, 6.07) is 4.51. The van der Waals surface area contributed by atoms with Gasteiger partial charge in [-0.2, -0.15) is 0 Å². The molecule has 1 heterocycles. The Balaban J connectivity index is 2.29. The van der Waals surface area contributed by atoms with Crippen LogP contribution in [0.25, 0.3) is 11.3 Å². The number of anilines is 1. The van der Waals surface area contributed by atoms with Crippen molar-refractivity contribution >= 4 is 11.8 Å². The lowest BCUT2D eigenvalue weighted by Gasteiger charge is -2.06. The summed E-state index contributed by atoms with van der Waals surface area (Å²) in [5.74, 6) is -2.23. The number of hydrogen-bond donors (Lipinski definition) is 2. The zero-order valence-electron chi connectivity index (χ0n) is 9.60. The fraction of sp³-hybridized carbons (Fsp3) is 0.0833. The summed E-state index contributed by atoms with van der Waals surface area (Å²) in [5.41, 5.74) is 0.350. The van der Waals surface area contributed by atoms with E-state index in [1.807, 2.05) is 0 Å². The van der Waals surface area contributed by atoms with E-state index in [0.29, 0.717) is 0 Å². The molecular formula is C12H9F2N3O2. The summed E-state index contributed by atoms with van der Waals surface area (Å²) in [5, 5.41) is 11.1. The molecule has 1 aromatic heterocycles. The third-order valence-electron chi connectivity index (χ3n) is 2.29. The van der Waals surface area contributed by atoms with E-state index in [4.69, 9.17) is 5.11 Å². The van der Waals surface area contributed by atoms with Gasteiger partial charge < -0.3 is 10.4 Å². The Labute approximate surface area is 106 Å². The van der Waals surface area contributed by atoms with E-state index in [2.05, 4.69) is 15.3 Å². The van der Waals surface area contributed by atoms with Crippen LogP contribution in [0.2, 0.25) is 0 Å². The molecule has 0 bridgehead atoms. The highest BCUT2D eigenvalue weighted by molar-refractivity contribution is 5.72. The number of aromatic nitrogens is 2. The van der Waals surface area contributed by atoms with E-state index < -0.39 is 17.6 Å². The van der Waals surface area contributed by atoms with Crippen molar-refractivity contribution in [3.05, 3.63) is 42.2 Å². The van der Waals surface area contributed by atoms with Crippen LogP contribution >= 0.6 is 0 Å². The van der Waals surface area contributed by atoms with Gasteiger partial charge in [-0.3, -0.25) is 4.79 Å². The van der Waals surface area contributed by atoms with Crippen LogP contribution in [0, 0.1) is 11.6 Å². The normalized spacial score (nSPS) is 10.2. The zero-order valence-corrected chi connectivity index (χ0v) is 9.60. The first-order chi connectivity index (χ1) is 9.06. The van der Waals surface area contributed by atoms with E-state index in [9.17, 15) is 13.6 Å². The molecule has 0 amide bonds. The summed E-state index contributed by atoms with van der Waals surface area (Å²) in [7, 11) is 0. The molecule has 0 saturated carbocycles. The van der Waals surface area contributed by atoms with Gasteiger partial charge in [-0.25, -0.2) is 18.7 Å². The van der Waals surface area contributed by atoms with Crippen molar-refractivity contribution in [2.75, 3.05) is 11.9 Å². The number of rotatable bonds is 4. The summed E-state index contributed by atoms with van der Waals surface area (Å²) in [6.07, 6.45) is 1.17. The molecule has 0 saturated heterocycles. The van der Waals surface area contributed by atoms with Crippen LogP contribution < -0.4 is 5.32 Å². The Morgan fingerprint density at radius 3 is 2.74 bits per heavy atom. The van der Waals surface area contributed by atoms with Gasteiger partial charge in [-0.15, -0.1) is 0 Å². The topological polar surface area (TPSA) is 75.1 Å². The number of benzene rings is 1. The van der Waals surface area contributed by atoms with Crippen LogP contribution in [-0.4, -0.2) is 27.6 Å². The number of carboxylic acids is 1. The molecule has 98 valence electrons. The highest BCUT2D eigenvalue weighted by Crippen LogP contribution is 2.22. The van der Waals surface area contributed by atoms with E-state index in [1.165, 1.54) is 18.5 Å². The highest BCUT2D eigenvalue weighted by atomic mass is 19.1. The summed E-state index contributed by atoms with van der Waals surface area (Å²) in [6.45, 7) is -0.317. The highest BCUT2D eigenvalue weighted by Gasteiger charge is 2.09. The number of carboxylic acid groups (broad SMARTS) is 1. The molecule has 0 radical (unpaired) electrons. The van der Waals surface area contributed by atoms with Crippen molar-refractivity contribution in [1.29, 1.82) is 0 Å². The van der Waals surface area contributed by atoms with Crippen molar-refractivity contribution in [3.8, 4) is 11.3 Å². The van der Waals surface area contributed by atoms with Gasteiger partial charge >= 0.3 is 5.97 Å². The minimum Gasteiger partial charge on any atom is -0.480 e. The van der Waals surface area contributed by atoms with Crippen LogP contribution in [0.15, 0.2) is 30.6 Å². The molecule has 0 aliphatic heterocycles. The predicted molar refractivity (Wildman–Crippen MR) is 63.5 cm³/mol. The molecule has 7 heteroatoms. The Morgan fingerprint density at radius 2 is 2.05 bits per heavy atom. The Hall–Kier alpha value is -2.57. The van der Waals surface area contributed by atoms with Gasteiger partial charge in [0.1, 0.15) is 30.3 Å². The summed E-state index contributed by atoms with van der Waals surface area (Å²) in [4.78, 5) is 18.1. The predicted octanol–water partition coefficient (Wildman–Crippen LogP) is 1.92. The second-order valence-corrected chi connectivity index (χ2v) is 3.66. The van der Waals surface area contributed by atoms with Gasteiger partial charge in [0, 0.05) is 17.7 Å². The van der Waals surface area contributed by atoms with E-state index in [1.54, 1.807) is 0 Å². The molecule has 0 unspecified atom stereocenters. The van der Waals surface area contributed by atoms with Crippen LogP contribution in [0.5, 0.6) is 0 Å². The average Bonchev–Trinajstić information content (AvgIpc) is 2.36. The number of hydrogen-bond acceptors (Lipinski definition) is 4. The van der Waals surface area contributed by atoms with Crippen molar-refractivity contribution in [1.82, 2.24) is 9.97 Å². The number of nitrogens with one attached hydrogen (secondary N) is 1. The van der Waals surface area contributed by atoms with Gasteiger partial charge in [0.15, 0.2) is 0 Å². The first kappa shape index (κ1) is 12.9. The lowest BCUT2D eigenvalue weighted by Crippen LogP contribution is -2.13. The first-order valence-corrected chi connectivity index (χ1v) is 5.29. The lowest BCUT2D eigenvalue weighted by atomic mass is 10.1. The molecule has 0 atom stereocenters. The quantitative estimate of drug-likeness (QED) is 0.883. The molecule has 0 fully saturated rings. The van der Waals surface area contributed by atoms with Crippen LogP contribution in [0.3, 0.4) is 0 Å². The van der Waals surface area contributed by atoms with Crippen molar-refractivity contribution in [2.45, 2.75) is 0 Å². The van der Waals surface area contributed by atoms with E-state index in [-0.39, 0.29) is 23.6 Å². The number of carbonyl (C=O) groups is 1.